The summed E-state index contributed by atoms with van der Waals surface area (Å²) in [4.78, 5) is 13.6. The van der Waals surface area contributed by atoms with Crippen molar-refractivity contribution in [2.45, 2.75) is 19.0 Å². The van der Waals surface area contributed by atoms with Crippen molar-refractivity contribution < 1.29 is 14.3 Å². The van der Waals surface area contributed by atoms with Gasteiger partial charge >= 0.3 is 5.97 Å². The molecule has 5 nitrogen and oxygen atoms in total. The second-order valence-electron chi connectivity index (χ2n) is 6.24. The van der Waals surface area contributed by atoms with Gasteiger partial charge < -0.3 is 14.8 Å². The van der Waals surface area contributed by atoms with E-state index >= 15 is 0 Å². The van der Waals surface area contributed by atoms with E-state index in [2.05, 4.69) is 45.3 Å². The first-order valence-electron chi connectivity index (χ1n) is 8.55. The Kier molecular flexibility index (Phi) is 5.90. The van der Waals surface area contributed by atoms with E-state index in [1.54, 1.807) is 0 Å². The van der Waals surface area contributed by atoms with Crippen LogP contribution in [0.2, 0.25) is 0 Å². The monoisotopic (exact) mass is 340 g/mol. The van der Waals surface area contributed by atoms with Gasteiger partial charge in [-0.25, -0.2) is 4.79 Å². The quantitative estimate of drug-likeness (QED) is 0.786. The van der Waals surface area contributed by atoms with E-state index in [-0.39, 0.29) is 12.6 Å². The lowest BCUT2D eigenvalue weighted by Crippen LogP contribution is -2.25. The van der Waals surface area contributed by atoms with E-state index in [0.29, 0.717) is 11.8 Å². The van der Waals surface area contributed by atoms with Crippen molar-refractivity contribution >= 4 is 11.7 Å². The molecule has 3 rings (SSSR count). The Morgan fingerprint density at radius 1 is 1.16 bits per heavy atom. The zero-order chi connectivity index (χ0) is 17.5. The third-order valence-corrected chi connectivity index (χ3v) is 4.33. The molecule has 2 aromatic carbocycles. The highest BCUT2D eigenvalue weighted by atomic mass is 16.6. The second kappa shape index (κ2) is 8.53. The average molecular weight is 340 g/mol. The number of anilines is 1. The zero-order valence-corrected chi connectivity index (χ0v) is 14.5. The molecule has 0 saturated carbocycles. The number of carbonyl (C=O) groups excluding carboxylic acids is 1. The van der Waals surface area contributed by atoms with Gasteiger partial charge in [0, 0.05) is 31.4 Å². The lowest BCUT2D eigenvalue weighted by Gasteiger charge is -2.17. The van der Waals surface area contributed by atoms with Crippen LogP contribution in [-0.2, 0) is 16.1 Å². The molecule has 132 valence electrons. The van der Waals surface area contributed by atoms with Gasteiger partial charge in [-0.2, -0.15) is 0 Å². The van der Waals surface area contributed by atoms with Gasteiger partial charge in [0.2, 0.25) is 0 Å². The molecule has 0 amide bonds. The molecule has 2 aromatic rings. The van der Waals surface area contributed by atoms with Crippen molar-refractivity contribution in [2.75, 3.05) is 32.1 Å². The van der Waals surface area contributed by atoms with Crippen molar-refractivity contribution in [2.24, 2.45) is 0 Å². The van der Waals surface area contributed by atoms with Crippen molar-refractivity contribution in [1.82, 2.24) is 4.90 Å². The normalized spacial score (nSPS) is 17.2. The Bertz CT molecular complexity index is 673. The smallest absolute Gasteiger partial charge is 0.343 e. The molecule has 25 heavy (non-hydrogen) atoms. The van der Waals surface area contributed by atoms with Crippen LogP contribution in [0.1, 0.15) is 12.0 Å². The topological polar surface area (TPSA) is 50.8 Å². The van der Waals surface area contributed by atoms with Crippen LogP contribution in [0, 0.1) is 0 Å². The number of ether oxygens (including phenoxy) is 2. The lowest BCUT2D eigenvalue weighted by atomic mass is 10.2. The summed E-state index contributed by atoms with van der Waals surface area (Å²) in [5, 5.41) is 3.57. The molecule has 1 aliphatic heterocycles. The molecule has 0 spiro atoms. The van der Waals surface area contributed by atoms with Crippen molar-refractivity contribution in [3.63, 3.8) is 0 Å². The fraction of sp³-hybridized carbons (Fsp3) is 0.350. The minimum Gasteiger partial charge on any atom is -0.482 e. The molecule has 0 radical (unpaired) electrons. The largest absolute Gasteiger partial charge is 0.482 e. The van der Waals surface area contributed by atoms with Crippen LogP contribution in [0.3, 0.4) is 0 Å². The van der Waals surface area contributed by atoms with Crippen molar-refractivity contribution in [3.8, 4) is 5.75 Å². The second-order valence-corrected chi connectivity index (χ2v) is 6.24. The van der Waals surface area contributed by atoms with Crippen LogP contribution in [-0.4, -0.2) is 43.7 Å². The van der Waals surface area contributed by atoms with E-state index in [1.165, 1.54) is 12.7 Å². The predicted molar refractivity (Wildman–Crippen MR) is 97.7 cm³/mol. The number of esters is 1. The van der Waals surface area contributed by atoms with Crippen LogP contribution in [0.15, 0.2) is 54.6 Å². The van der Waals surface area contributed by atoms with Gasteiger partial charge in [0.25, 0.3) is 0 Å². The van der Waals surface area contributed by atoms with Gasteiger partial charge in [-0.05, 0) is 36.2 Å². The average Bonchev–Trinajstić information content (AvgIpc) is 3.08. The number of likely N-dealkylation sites (tertiary alicyclic amines) is 1. The van der Waals surface area contributed by atoms with Gasteiger partial charge in [-0.15, -0.1) is 0 Å². The fourth-order valence-electron chi connectivity index (χ4n) is 3.02. The van der Waals surface area contributed by atoms with Gasteiger partial charge in [0.05, 0.1) is 7.11 Å². The summed E-state index contributed by atoms with van der Waals surface area (Å²) in [7, 11) is 1.35. The van der Waals surface area contributed by atoms with E-state index < -0.39 is 0 Å². The lowest BCUT2D eigenvalue weighted by molar-refractivity contribution is -0.142. The number of nitrogens with one attached hydrogen (secondary N) is 1. The van der Waals surface area contributed by atoms with Crippen LogP contribution in [0.5, 0.6) is 5.75 Å². The molecule has 1 atom stereocenters. The number of hydrogen-bond acceptors (Lipinski definition) is 5. The maximum absolute atomic E-state index is 11.1. The molecule has 1 N–H and O–H groups in total. The minimum atomic E-state index is -0.383. The van der Waals surface area contributed by atoms with Crippen LogP contribution < -0.4 is 10.1 Å². The molecule has 1 heterocycles. The zero-order valence-electron chi connectivity index (χ0n) is 14.5. The summed E-state index contributed by atoms with van der Waals surface area (Å²) in [6.07, 6.45) is 1.13. The van der Waals surface area contributed by atoms with Crippen LogP contribution in [0.25, 0.3) is 0 Å². The van der Waals surface area contributed by atoms with E-state index in [0.717, 1.165) is 31.7 Å². The molecule has 1 aliphatic rings. The molecule has 0 aliphatic carbocycles. The van der Waals surface area contributed by atoms with Crippen molar-refractivity contribution in [1.29, 1.82) is 0 Å². The molecule has 0 bridgehead atoms. The Morgan fingerprint density at radius 2 is 1.92 bits per heavy atom. The number of carbonyl (C=O) groups is 1. The summed E-state index contributed by atoms with van der Waals surface area (Å²) < 4.78 is 9.91. The van der Waals surface area contributed by atoms with Gasteiger partial charge in [-0.1, -0.05) is 30.3 Å². The number of nitrogens with zero attached hydrogens (tertiary/aromatic N) is 1. The molecule has 0 aromatic heterocycles. The molecule has 1 fully saturated rings. The predicted octanol–water partition coefficient (Wildman–Crippen LogP) is 2.92. The third-order valence-electron chi connectivity index (χ3n) is 4.33. The van der Waals surface area contributed by atoms with Crippen LogP contribution >= 0.6 is 0 Å². The molecule has 1 unspecified atom stereocenters. The first kappa shape index (κ1) is 17.3. The number of benzene rings is 2. The van der Waals surface area contributed by atoms with E-state index in [4.69, 9.17) is 4.74 Å². The van der Waals surface area contributed by atoms with Gasteiger partial charge in [-0.3, -0.25) is 4.90 Å². The van der Waals surface area contributed by atoms with Gasteiger partial charge in [0.15, 0.2) is 6.61 Å². The Morgan fingerprint density at radius 3 is 2.64 bits per heavy atom. The number of rotatable bonds is 7. The summed E-state index contributed by atoms with van der Waals surface area (Å²) in [5.74, 6) is 0.278. The summed E-state index contributed by atoms with van der Waals surface area (Å²) >= 11 is 0. The molecular weight excluding hydrogens is 316 g/mol. The SMILES string of the molecule is COC(=O)COc1ccc(NC2CCN(Cc3ccccc3)C2)cc1. The molecular formula is C20H24N2O3. The summed E-state index contributed by atoms with van der Waals surface area (Å²) in [6, 6.07) is 18.7. The van der Waals surface area contributed by atoms with E-state index in [9.17, 15) is 4.79 Å². The fourth-order valence-corrected chi connectivity index (χ4v) is 3.02. The third kappa shape index (κ3) is 5.22. The Balaban J connectivity index is 1.46. The first-order valence-corrected chi connectivity index (χ1v) is 8.55. The minimum absolute atomic E-state index is 0.0691. The molecule has 1 saturated heterocycles. The highest BCUT2D eigenvalue weighted by molar-refractivity contribution is 5.70. The summed E-state index contributed by atoms with van der Waals surface area (Å²) in [6.45, 7) is 3.07. The maximum Gasteiger partial charge on any atom is 0.343 e. The highest BCUT2D eigenvalue weighted by Crippen LogP contribution is 2.20. The first-order chi connectivity index (χ1) is 12.2. The standard InChI is InChI=1S/C20H24N2O3/c1-24-20(23)15-25-19-9-7-17(8-10-19)21-18-11-12-22(14-18)13-16-5-3-2-4-6-16/h2-10,18,21H,11-15H2,1H3. The van der Waals surface area contributed by atoms with Crippen molar-refractivity contribution in [3.05, 3.63) is 60.2 Å². The maximum atomic E-state index is 11.1. The number of hydrogen-bond donors (Lipinski definition) is 1. The van der Waals surface area contributed by atoms with Gasteiger partial charge in [0.1, 0.15) is 5.75 Å². The number of methoxy groups -OCH3 is 1. The van der Waals surface area contributed by atoms with E-state index in [1.807, 2.05) is 24.3 Å². The Hall–Kier alpha value is -2.53. The summed E-state index contributed by atoms with van der Waals surface area (Å²) in [5.41, 5.74) is 2.42. The van der Waals surface area contributed by atoms with Crippen LogP contribution in [0.4, 0.5) is 5.69 Å². The highest BCUT2D eigenvalue weighted by Gasteiger charge is 2.22. The molecule has 5 heteroatoms. The Labute approximate surface area is 148 Å².